The van der Waals surface area contributed by atoms with Gasteiger partial charge in [0.25, 0.3) is 0 Å². The first-order valence-corrected chi connectivity index (χ1v) is 11.2. The summed E-state index contributed by atoms with van der Waals surface area (Å²) in [5, 5.41) is 13.7. The van der Waals surface area contributed by atoms with E-state index in [0.717, 1.165) is 59.4 Å². The topological polar surface area (TPSA) is 97.5 Å². The van der Waals surface area contributed by atoms with Crippen molar-refractivity contribution in [1.82, 2.24) is 9.97 Å². The average molecular weight is 444 g/mol. The van der Waals surface area contributed by atoms with Crippen LogP contribution in [0.3, 0.4) is 0 Å². The number of carboxylic acids is 1. The van der Waals surface area contributed by atoms with Crippen LogP contribution in [0.4, 0.5) is 5.69 Å². The zero-order valence-electron chi connectivity index (χ0n) is 18.2. The van der Waals surface area contributed by atoms with Gasteiger partial charge in [0.05, 0.1) is 30.7 Å². The molecule has 1 unspecified atom stereocenters. The summed E-state index contributed by atoms with van der Waals surface area (Å²) < 4.78 is 11.7. The number of carbonyl (C=O) groups is 1. The van der Waals surface area contributed by atoms with Crippen LogP contribution in [0, 0.1) is 0 Å². The van der Waals surface area contributed by atoms with E-state index >= 15 is 0 Å². The van der Waals surface area contributed by atoms with E-state index in [1.807, 2.05) is 36.4 Å². The van der Waals surface area contributed by atoms with Gasteiger partial charge in [0.2, 0.25) is 0 Å². The van der Waals surface area contributed by atoms with Crippen LogP contribution < -0.4 is 10.1 Å². The van der Waals surface area contributed by atoms with Gasteiger partial charge < -0.3 is 19.6 Å². The molecule has 2 N–H and O–H groups in total. The Morgan fingerprint density at radius 3 is 3.03 bits per heavy atom. The molecule has 33 heavy (non-hydrogen) atoms. The third-order valence-electron chi connectivity index (χ3n) is 5.98. The number of ether oxygens (including phenoxy) is 1. The van der Waals surface area contributed by atoms with Crippen molar-refractivity contribution in [3.05, 3.63) is 83.6 Å². The molecule has 0 amide bonds. The molecular weight excluding hydrogens is 418 g/mol. The number of pyridine rings is 2. The van der Waals surface area contributed by atoms with E-state index in [-0.39, 0.29) is 12.3 Å². The number of hydrogen-bond acceptors (Lipinski definition) is 6. The molecule has 3 aromatic heterocycles. The Hall–Kier alpha value is -3.87. The number of fused-ring (bicyclic) bond motifs is 2. The first-order valence-electron chi connectivity index (χ1n) is 11.2. The minimum Gasteiger partial charge on any atom is -0.493 e. The summed E-state index contributed by atoms with van der Waals surface area (Å²) in [6.45, 7) is 1.52. The summed E-state index contributed by atoms with van der Waals surface area (Å²) in [7, 11) is 0. The Bertz CT molecular complexity index is 1270. The average Bonchev–Trinajstić information content (AvgIpc) is 3.26. The Labute approximate surface area is 191 Å². The number of aliphatic carboxylic acids is 1. The maximum Gasteiger partial charge on any atom is 0.304 e. The highest BCUT2D eigenvalue weighted by Gasteiger charge is 2.22. The highest BCUT2D eigenvalue weighted by Crippen LogP contribution is 2.35. The molecule has 4 aromatic rings. The molecule has 0 aliphatic carbocycles. The van der Waals surface area contributed by atoms with Gasteiger partial charge in [-0.3, -0.25) is 14.8 Å². The van der Waals surface area contributed by atoms with E-state index in [1.54, 1.807) is 18.7 Å². The van der Waals surface area contributed by atoms with Crippen molar-refractivity contribution >= 4 is 22.6 Å². The van der Waals surface area contributed by atoms with Gasteiger partial charge in [-0.25, -0.2) is 0 Å². The van der Waals surface area contributed by atoms with Gasteiger partial charge in [-0.15, -0.1) is 0 Å². The molecule has 0 fully saturated rings. The normalized spacial score (nSPS) is 13.8. The molecule has 1 aliphatic heterocycles. The molecule has 0 saturated carbocycles. The number of rotatable bonds is 8. The van der Waals surface area contributed by atoms with E-state index in [9.17, 15) is 9.90 Å². The van der Waals surface area contributed by atoms with E-state index in [1.165, 1.54) is 0 Å². The van der Waals surface area contributed by atoms with Crippen molar-refractivity contribution in [1.29, 1.82) is 0 Å². The van der Waals surface area contributed by atoms with Crippen molar-refractivity contribution < 1.29 is 19.1 Å². The fourth-order valence-corrected chi connectivity index (χ4v) is 4.34. The van der Waals surface area contributed by atoms with Crippen molar-refractivity contribution in [2.24, 2.45) is 0 Å². The summed E-state index contributed by atoms with van der Waals surface area (Å²) in [5.74, 6) is -0.502. The first-order chi connectivity index (χ1) is 16.2. The van der Waals surface area contributed by atoms with Crippen LogP contribution in [0.25, 0.3) is 11.0 Å². The number of aromatic nitrogens is 2. The molecule has 4 heterocycles. The lowest BCUT2D eigenvalue weighted by Crippen LogP contribution is -2.14. The lowest BCUT2D eigenvalue weighted by atomic mass is 9.89. The lowest BCUT2D eigenvalue weighted by Gasteiger charge is -2.17. The van der Waals surface area contributed by atoms with Crippen LogP contribution in [0.2, 0.25) is 0 Å². The zero-order chi connectivity index (χ0) is 22.6. The monoisotopic (exact) mass is 443 g/mol. The number of furan rings is 1. The van der Waals surface area contributed by atoms with Gasteiger partial charge in [-0.1, -0.05) is 6.07 Å². The number of benzene rings is 1. The molecule has 0 spiro atoms. The number of nitrogens with one attached hydrogen (secondary N) is 1. The molecule has 0 saturated heterocycles. The van der Waals surface area contributed by atoms with Gasteiger partial charge in [-0.2, -0.15) is 0 Å². The number of nitrogens with zero attached hydrogens (tertiary/aromatic N) is 2. The Morgan fingerprint density at radius 1 is 1.24 bits per heavy atom. The Balaban J connectivity index is 1.30. The van der Waals surface area contributed by atoms with Crippen molar-refractivity contribution in [3.8, 4) is 5.75 Å². The molecule has 0 bridgehead atoms. The van der Waals surface area contributed by atoms with Crippen molar-refractivity contribution in [2.45, 2.75) is 31.6 Å². The third-order valence-corrected chi connectivity index (χ3v) is 5.98. The molecule has 1 atom stereocenters. The fourth-order valence-electron chi connectivity index (χ4n) is 4.34. The van der Waals surface area contributed by atoms with Gasteiger partial charge in [0, 0.05) is 54.0 Å². The largest absolute Gasteiger partial charge is 0.493 e. The van der Waals surface area contributed by atoms with Crippen LogP contribution in [-0.2, 0) is 17.6 Å². The SMILES string of the molecule is O=C(O)CC(c1cccnc1)c1coc2cc(OCCc3ccc4c(n3)CCCN4)ccc12. The first kappa shape index (κ1) is 21.0. The highest BCUT2D eigenvalue weighted by molar-refractivity contribution is 5.84. The maximum atomic E-state index is 11.5. The van der Waals surface area contributed by atoms with Crippen molar-refractivity contribution in [3.63, 3.8) is 0 Å². The second-order valence-corrected chi connectivity index (χ2v) is 8.21. The van der Waals surface area contributed by atoms with Gasteiger partial charge in [0.1, 0.15) is 11.3 Å². The van der Waals surface area contributed by atoms with Crippen LogP contribution in [0.1, 0.15) is 41.3 Å². The Morgan fingerprint density at radius 2 is 2.18 bits per heavy atom. The van der Waals surface area contributed by atoms with E-state index < -0.39 is 5.97 Å². The van der Waals surface area contributed by atoms with Crippen LogP contribution in [0.15, 0.2) is 65.5 Å². The van der Waals surface area contributed by atoms with Gasteiger partial charge in [0.15, 0.2) is 0 Å². The molecule has 1 aromatic carbocycles. The molecule has 168 valence electrons. The second-order valence-electron chi connectivity index (χ2n) is 8.21. The lowest BCUT2D eigenvalue weighted by molar-refractivity contribution is -0.137. The van der Waals surface area contributed by atoms with Crippen LogP contribution >= 0.6 is 0 Å². The maximum absolute atomic E-state index is 11.5. The summed E-state index contributed by atoms with van der Waals surface area (Å²) in [6, 6.07) is 13.5. The fraction of sp³-hybridized carbons (Fsp3) is 0.269. The molecular formula is C26H25N3O4. The number of carboxylic acid groups (broad SMARTS) is 1. The smallest absolute Gasteiger partial charge is 0.304 e. The van der Waals surface area contributed by atoms with E-state index in [2.05, 4.69) is 16.4 Å². The predicted molar refractivity (Wildman–Crippen MR) is 125 cm³/mol. The zero-order valence-corrected chi connectivity index (χ0v) is 18.2. The second kappa shape index (κ2) is 9.32. The van der Waals surface area contributed by atoms with Crippen LogP contribution in [0.5, 0.6) is 5.75 Å². The summed E-state index contributed by atoms with van der Waals surface area (Å²) in [5.41, 5.74) is 5.63. The van der Waals surface area contributed by atoms with E-state index in [4.69, 9.17) is 14.1 Å². The number of anilines is 1. The quantitative estimate of drug-likeness (QED) is 0.403. The summed E-state index contributed by atoms with van der Waals surface area (Å²) in [4.78, 5) is 20.4. The minimum atomic E-state index is -0.871. The van der Waals surface area contributed by atoms with Gasteiger partial charge in [-0.05, 0) is 48.7 Å². The molecule has 1 aliphatic rings. The number of aryl methyl sites for hydroxylation is 1. The van der Waals surface area contributed by atoms with Crippen molar-refractivity contribution in [2.75, 3.05) is 18.5 Å². The molecule has 0 radical (unpaired) electrons. The van der Waals surface area contributed by atoms with Gasteiger partial charge >= 0.3 is 5.97 Å². The molecule has 7 heteroatoms. The third kappa shape index (κ3) is 4.67. The Kier molecular flexibility index (Phi) is 5.93. The highest BCUT2D eigenvalue weighted by atomic mass is 16.5. The minimum absolute atomic E-state index is 0.0398. The molecule has 5 rings (SSSR count). The predicted octanol–water partition coefficient (Wildman–Crippen LogP) is 4.81. The molecule has 7 nitrogen and oxygen atoms in total. The standard InChI is InChI=1S/C26H25N3O4/c30-26(31)14-21(17-3-1-10-27-15-17)22-16-33-25-13-19(6-7-20(22)25)32-12-9-18-5-8-23-24(29-18)4-2-11-28-23/h1,3,5-8,10,13,15-16,21,28H,2,4,9,11-12,14H2,(H,30,31). The summed E-state index contributed by atoms with van der Waals surface area (Å²) in [6.07, 6.45) is 7.82. The van der Waals surface area contributed by atoms with Crippen LogP contribution in [-0.4, -0.2) is 34.2 Å². The summed E-state index contributed by atoms with van der Waals surface area (Å²) >= 11 is 0. The van der Waals surface area contributed by atoms with E-state index in [0.29, 0.717) is 17.9 Å². The number of hydrogen-bond donors (Lipinski definition) is 2.